The van der Waals surface area contributed by atoms with E-state index in [2.05, 4.69) is 22.8 Å². The maximum absolute atomic E-state index is 12.5. The van der Waals surface area contributed by atoms with Crippen molar-refractivity contribution in [1.82, 2.24) is 10.6 Å². The van der Waals surface area contributed by atoms with E-state index in [0.717, 1.165) is 22.3 Å². The van der Waals surface area contributed by atoms with Crippen LogP contribution in [0.1, 0.15) is 57.1 Å². The minimum atomic E-state index is -1.15. The van der Waals surface area contributed by atoms with Crippen LogP contribution in [-0.2, 0) is 19.1 Å². The number of fused-ring (bicyclic) bond motifs is 3. The molecule has 2 aliphatic carbocycles. The Balaban J connectivity index is 1.32. The van der Waals surface area contributed by atoms with Crippen LogP contribution in [0.25, 0.3) is 11.1 Å². The highest BCUT2D eigenvalue weighted by molar-refractivity contribution is 6.22. The van der Waals surface area contributed by atoms with Crippen molar-refractivity contribution in [2.75, 3.05) is 13.2 Å². The average molecular weight is 505 g/mol. The van der Waals surface area contributed by atoms with E-state index in [-0.39, 0.29) is 61.2 Å². The summed E-state index contributed by atoms with van der Waals surface area (Å²) in [5.74, 6) is -1.79. The first-order valence-electron chi connectivity index (χ1n) is 12.4. The predicted octanol–water partition coefficient (Wildman–Crippen LogP) is 4.19. The number of rotatable bonds is 8. The number of ketones is 2. The summed E-state index contributed by atoms with van der Waals surface area (Å²) in [6.45, 7) is 5.46. The van der Waals surface area contributed by atoms with Gasteiger partial charge in [0.15, 0.2) is 11.6 Å². The third-order valence-electron chi connectivity index (χ3n) is 6.95. The number of benzene rings is 2. The molecule has 0 aromatic heterocycles. The van der Waals surface area contributed by atoms with Crippen molar-refractivity contribution in [3.05, 3.63) is 70.9 Å². The molecule has 8 heteroatoms. The van der Waals surface area contributed by atoms with E-state index >= 15 is 0 Å². The molecular formula is C29H32N2O6. The van der Waals surface area contributed by atoms with Gasteiger partial charge in [-0.15, -0.1) is 0 Å². The summed E-state index contributed by atoms with van der Waals surface area (Å²) in [5.41, 5.74) is 4.35. The summed E-state index contributed by atoms with van der Waals surface area (Å²) in [6.07, 6.45) is -0.138. The van der Waals surface area contributed by atoms with E-state index in [9.17, 15) is 24.3 Å². The number of carboxylic acid groups (broad SMARTS) is 1. The van der Waals surface area contributed by atoms with Crippen molar-refractivity contribution < 1.29 is 29.0 Å². The molecule has 1 saturated carbocycles. The van der Waals surface area contributed by atoms with Crippen molar-refractivity contribution in [3.63, 3.8) is 0 Å². The number of nitrogens with one attached hydrogen (secondary N) is 2. The van der Waals surface area contributed by atoms with Crippen molar-refractivity contribution in [3.8, 4) is 11.1 Å². The van der Waals surface area contributed by atoms with E-state index in [4.69, 9.17) is 4.74 Å². The van der Waals surface area contributed by atoms with E-state index in [0.29, 0.717) is 0 Å². The molecule has 1 amide bonds. The van der Waals surface area contributed by atoms with Crippen LogP contribution in [0.2, 0.25) is 0 Å². The SMILES string of the molecule is CC(N[C@@H](CCNC(=O)OCC1c2ccccc2-c2ccccc21)C(=O)O)=C1C(=O)CC(C)(C)CC1=O. The molecule has 0 radical (unpaired) electrons. The summed E-state index contributed by atoms with van der Waals surface area (Å²) < 4.78 is 5.49. The number of hydrogen-bond acceptors (Lipinski definition) is 6. The monoisotopic (exact) mass is 504 g/mol. The van der Waals surface area contributed by atoms with Crippen LogP contribution in [0, 0.1) is 5.41 Å². The zero-order chi connectivity index (χ0) is 26.7. The lowest BCUT2D eigenvalue weighted by Gasteiger charge is -2.30. The smallest absolute Gasteiger partial charge is 0.407 e. The van der Waals surface area contributed by atoms with Crippen LogP contribution in [0.3, 0.4) is 0 Å². The molecule has 0 bridgehead atoms. The maximum atomic E-state index is 12.5. The fourth-order valence-corrected chi connectivity index (χ4v) is 5.24. The second-order valence-electron chi connectivity index (χ2n) is 10.4. The largest absolute Gasteiger partial charge is 0.480 e. The van der Waals surface area contributed by atoms with Gasteiger partial charge < -0.3 is 20.5 Å². The minimum absolute atomic E-state index is 0.0371. The lowest BCUT2D eigenvalue weighted by atomic mass is 9.73. The van der Waals surface area contributed by atoms with Crippen LogP contribution in [0.4, 0.5) is 4.79 Å². The zero-order valence-electron chi connectivity index (χ0n) is 21.3. The van der Waals surface area contributed by atoms with E-state index < -0.39 is 23.5 Å². The van der Waals surface area contributed by atoms with Gasteiger partial charge in [0.05, 0.1) is 5.57 Å². The molecule has 0 aliphatic heterocycles. The number of carboxylic acids is 1. The molecule has 0 saturated heterocycles. The fraction of sp³-hybridized carbons (Fsp3) is 0.379. The van der Waals surface area contributed by atoms with E-state index in [1.807, 2.05) is 50.2 Å². The van der Waals surface area contributed by atoms with Crippen LogP contribution < -0.4 is 10.6 Å². The van der Waals surface area contributed by atoms with E-state index in [1.165, 1.54) is 0 Å². The summed E-state index contributed by atoms with van der Waals surface area (Å²) in [6, 6.07) is 15.0. The Morgan fingerprint density at radius 3 is 2.08 bits per heavy atom. The lowest BCUT2D eigenvalue weighted by molar-refractivity contribution is -0.139. The molecule has 0 spiro atoms. The number of hydrogen-bond donors (Lipinski definition) is 3. The van der Waals surface area contributed by atoms with Gasteiger partial charge in [-0.2, -0.15) is 0 Å². The van der Waals surface area contributed by atoms with Gasteiger partial charge in [0.2, 0.25) is 0 Å². The first-order valence-corrected chi connectivity index (χ1v) is 12.4. The quantitative estimate of drug-likeness (QED) is 0.364. The van der Waals surface area contributed by atoms with Crippen molar-refractivity contribution in [1.29, 1.82) is 0 Å². The first kappa shape index (κ1) is 26.1. The molecule has 4 rings (SSSR count). The number of carbonyl (C=O) groups excluding carboxylic acids is 3. The van der Waals surface area contributed by atoms with Gasteiger partial charge >= 0.3 is 12.1 Å². The topological polar surface area (TPSA) is 122 Å². The zero-order valence-corrected chi connectivity index (χ0v) is 21.3. The normalized spacial score (nSPS) is 17.0. The van der Waals surface area contributed by atoms with Gasteiger partial charge in [-0.05, 0) is 41.0 Å². The fourth-order valence-electron chi connectivity index (χ4n) is 5.24. The second kappa shape index (κ2) is 10.6. The first-order chi connectivity index (χ1) is 17.6. The highest BCUT2D eigenvalue weighted by Gasteiger charge is 2.37. The Morgan fingerprint density at radius 1 is 1.00 bits per heavy atom. The van der Waals surface area contributed by atoms with Gasteiger partial charge in [-0.25, -0.2) is 9.59 Å². The number of ether oxygens (including phenoxy) is 1. The number of aliphatic carboxylic acids is 1. The Hall–Kier alpha value is -3.94. The molecule has 194 valence electrons. The molecule has 37 heavy (non-hydrogen) atoms. The summed E-state index contributed by atoms with van der Waals surface area (Å²) >= 11 is 0. The average Bonchev–Trinajstić information content (AvgIpc) is 3.14. The summed E-state index contributed by atoms with van der Waals surface area (Å²) in [5, 5.41) is 15.0. The van der Waals surface area contributed by atoms with Crippen molar-refractivity contribution in [2.45, 2.75) is 52.0 Å². The van der Waals surface area contributed by atoms with Gasteiger partial charge in [0.1, 0.15) is 12.6 Å². The van der Waals surface area contributed by atoms with Gasteiger partial charge in [0, 0.05) is 31.0 Å². The number of carbonyl (C=O) groups is 4. The van der Waals surface area contributed by atoms with Gasteiger partial charge in [-0.1, -0.05) is 62.4 Å². The molecule has 2 aromatic rings. The minimum Gasteiger partial charge on any atom is -0.480 e. The Bertz CT molecular complexity index is 1210. The number of alkyl carbamates (subject to hydrolysis) is 1. The van der Waals surface area contributed by atoms with Crippen LogP contribution in [0.15, 0.2) is 59.8 Å². The molecule has 3 N–H and O–H groups in total. The molecule has 8 nitrogen and oxygen atoms in total. The predicted molar refractivity (Wildman–Crippen MR) is 138 cm³/mol. The van der Waals surface area contributed by atoms with Crippen LogP contribution in [0.5, 0.6) is 0 Å². The van der Waals surface area contributed by atoms with Gasteiger partial charge in [0.25, 0.3) is 0 Å². The summed E-state index contributed by atoms with van der Waals surface area (Å²) in [7, 11) is 0. The Labute approximate surface area is 216 Å². The lowest BCUT2D eigenvalue weighted by Crippen LogP contribution is -2.41. The molecule has 0 unspecified atom stereocenters. The van der Waals surface area contributed by atoms with Crippen molar-refractivity contribution >= 4 is 23.6 Å². The number of Topliss-reactive ketones (excluding diaryl/α,β-unsaturated/α-hetero) is 2. The molecular weight excluding hydrogens is 472 g/mol. The second-order valence-corrected chi connectivity index (χ2v) is 10.4. The molecule has 1 atom stereocenters. The number of allylic oxidation sites excluding steroid dienone is 2. The van der Waals surface area contributed by atoms with Crippen LogP contribution in [-0.4, -0.2) is 47.9 Å². The van der Waals surface area contributed by atoms with Crippen molar-refractivity contribution in [2.24, 2.45) is 5.41 Å². The third-order valence-corrected chi connectivity index (χ3v) is 6.95. The van der Waals surface area contributed by atoms with Gasteiger partial charge in [-0.3, -0.25) is 9.59 Å². The molecule has 2 aromatic carbocycles. The highest BCUT2D eigenvalue weighted by atomic mass is 16.5. The molecule has 2 aliphatic rings. The highest BCUT2D eigenvalue weighted by Crippen LogP contribution is 2.44. The Kier molecular flexibility index (Phi) is 7.47. The molecule has 1 fully saturated rings. The Morgan fingerprint density at radius 2 is 1.54 bits per heavy atom. The number of amides is 1. The maximum Gasteiger partial charge on any atom is 0.407 e. The van der Waals surface area contributed by atoms with E-state index in [1.54, 1.807) is 6.92 Å². The third kappa shape index (κ3) is 5.74. The molecule has 0 heterocycles. The summed E-state index contributed by atoms with van der Waals surface area (Å²) in [4.78, 5) is 49.2. The standard InChI is InChI=1S/C29H32N2O6/c1-17(26-24(32)14-29(2,3)15-25(26)33)31-23(27(34)35)12-13-30-28(36)37-16-22-20-10-6-4-8-18(20)19-9-5-7-11-21(19)22/h4-11,22-23,31H,12-16H2,1-3H3,(H,30,36)(H,34,35)/t23-/m0/s1. The van der Waals surface area contributed by atoms with Crippen LogP contribution >= 0.6 is 0 Å².